The predicted molar refractivity (Wildman–Crippen MR) is 68.4 cm³/mol. The maximum absolute atomic E-state index is 13.0. The Balaban J connectivity index is 2.21. The highest BCUT2D eigenvalue weighted by Gasteiger charge is 2.16. The number of hydrogen-bond donors (Lipinski definition) is 1. The van der Waals surface area contributed by atoms with E-state index in [0.29, 0.717) is 6.04 Å². The number of hydrogen-bond acceptors (Lipinski definition) is 2. The molecule has 4 heteroatoms. The summed E-state index contributed by atoms with van der Waals surface area (Å²) in [5.74, 6) is -0.198. The molecule has 2 rings (SSSR count). The van der Waals surface area contributed by atoms with Crippen molar-refractivity contribution in [3.05, 3.63) is 28.5 Å². The van der Waals surface area contributed by atoms with Gasteiger partial charge in [-0.3, -0.25) is 0 Å². The minimum Gasteiger partial charge on any atom is -0.369 e. The SMILES string of the molecule is CC1CN(c2ccc(F)cc2Br)CCCN1. The Morgan fingerprint density at radius 3 is 3.06 bits per heavy atom. The van der Waals surface area contributed by atoms with Crippen LogP contribution >= 0.6 is 15.9 Å². The zero-order chi connectivity index (χ0) is 11.5. The van der Waals surface area contributed by atoms with Crippen molar-refractivity contribution in [1.29, 1.82) is 0 Å². The van der Waals surface area contributed by atoms with E-state index >= 15 is 0 Å². The summed E-state index contributed by atoms with van der Waals surface area (Å²) in [6.07, 6.45) is 1.12. The second-order valence-corrected chi connectivity index (χ2v) is 5.10. The Morgan fingerprint density at radius 1 is 1.50 bits per heavy atom. The third-order valence-corrected chi connectivity index (χ3v) is 3.48. The molecule has 1 atom stereocenters. The molecule has 2 nitrogen and oxygen atoms in total. The van der Waals surface area contributed by atoms with Crippen molar-refractivity contribution in [1.82, 2.24) is 5.32 Å². The van der Waals surface area contributed by atoms with E-state index < -0.39 is 0 Å². The molecule has 88 valence electrons. The first-order valence-electron chi connectivity index (χ1n) is 5.60. The van der Waals surface area contributed by atoms with E-state index in [1.54, 1.807) is 0 Å². The molecule has 1 N–H and O–H groups in total. The van der Waals surface area contributed by atoms with Crippen LogP contribution < -0.4 is 10.2 Å². The largest absolute Gasteiger partial charge is 0.369 e. The Kier molecular flexibility index (Phi) is 3.82. The van der Waals surface area contributed by atoms with Gasteiger partial charge in [0.2, 0.25) is 0 Å². The summed E-state index contributed by atoms with van der Waals surface area (Å²) in [6, 6.07) is 5.36. The van der Waals surface area contributed by atoms with Gasteiger partial charge in [0.05, 0.1) is 5.69 Å². The zero-order valence-corrected chi connectivity index (χ0v) is 10.9. The van der Waals surface area contributed by atoms with E-state index in [9.17, 15) is 4.39 Å². The maximum Gasteiger partial charge on any atom is 0.124 e. The van der Waals surface area contributed by atoms with Crippen LogP contribution in [0.15, 0.2) is 22.7 Å². The lowest BCUT2D eigenvalue weighted by Crippen LogP contribution is -2.35. The van der Waals surface area contributed by atoms with Gasteiger partial charge in [-0.05, 0) is 54.0 Å². The molecule has 1 saturated heterocycles. The van der Waals surface area contributed by atoms with E-state index in [-0.39, 0.29) is 5.82 Å². The van der Waals surface area contributed by atoms with Gasteiger partial charge in [-0.15, -0.1) is 0 Å². The molecule has 0 bridgehead atoms. The van der Waals surface area contributed by atoms with E-state index in [2.05, 4.69) is 33.1 Å². The fourth-order valence-electron chi connectivity index (χ4n) is 2.06. The van der Waals surface area contributed by atoms with Crippen molar-refractivity contribution in [2.75, 3.05) is 24.5 Å². The molecular formula is C12H16BrFN2. The van der Waals surface area contributed by atoms with Gasteiger partial charge < -0.3 is 10.2 Å². The average molecular weight is 287 g/mol. The van der Waals surface area contributed by atoms with Crippen LogP contribution in [0.1, 0.15) is 13.3 Å². The Labute approximate surface area is 104 Å². The normalized spacial score (nSPS) is 21.9. The van der Waals surface area contributed by atoms with Crippen LogP contribution in [0, 0.1) is 5.82 Å². The van der Waals surface area contributed by atoms with Crippen LogP contribution in [0.3, 0.4) is 0 Å². The fraction of sp³-hybridized carbons (Fsp3) is 0.500. The first-order chi connectivity index (χ1) is 7.66. The summed E-state index contributed by atoms with van der Waals surface area (Å²) >= 11 is 3.43. The highest BCUT2D eigenvalue weighted by atomic mass is 79.9. The van der Waals surface area contributed by atoms with Crippen molar-refractivity contribution in [3.63, 3.8) is 0 Å². The van der Waals surface area contributed by atoms with Crippen LogP contribution in [-0.2, 0) is 0 Å². The number of rotatable bonds is 1. The molecule has 0 radical (unpaired) electrons. The standard InChI is InChI=1S/C12H16BrFN2/c1-9-8-16(6-2-5-15-9)12-4-3-10(14)7-11(12)13/h3-4,7,9,15H,2,5-6,8H2,1H3. The number of anilines is 1. The van der Waals surface area contributed by atoms with Crippen LogP contribution in [0.4, 0.5) is 10.1 Å². The molecule has 1 aromatic carbocycles. The molecule has 1 aliphatic heterocycles. The maximum atomic E-state index is 13.0. The van der Waals surface area contributed by atoms with Gasteiger partial charge >= 0.3 is 0 Å². The van der Waals surface area contributed by atoms with Crippen molar-refractivity contribution >= 4 is 21.6 Å². The van der Waals surface area contributed by atoms with Gasteiger partial charge in [-0.2, -0.15) is 0 Å². The van der Waals surface area contributed by atoms with Gasteiger partial charge in [0.1, 0.15) is 5.82 Å². The van der Waals surface area contributed by atoms with Gasteiger partial charge in [0, 0.05) is 23.6 Å². The lowest BCUT2D eigenvalue weighted by Gasteiger charge is -2.25. The third-order valence-electron chi connectivity index (χ3n) is 2.84. The Bertz CT molecular complexity index is 370. The van der Waals surface area contributed by atoms with Crippen LogP contribution in [0.2, 0.25) is 0 Å². The topological polar surface area (TPSA) is 15.3 Å². The van der Waals surface area contributed by atoms with Gasteiger partial charge in [0.15, 0.2) is 0 Å². The second-order valence-electron chi connectivity index (χ2n) is 4.25. The summed E-state index contributed by atoms with van der Waals surface area (Å²) in [5.41, 5.74) is 1.08. The van der Waals surface area contributed by atoms with Crippen molar-refractivity contribution < 1.29 is 4.39 Å². The minimum atomic E-state index is -0.198. The highest BCUT2D eigenvalue weighted by Crippen LogP contribution is 2.27. The molecule has 1 aromatic rings. The Morgan fingerprint density at radius 2 is 2.31 bits per heavy atom. The molecule has 0 aliphatic carbocycles. The summed E-state index contributed by atoms with van der Waals surface area (Å²) < 4.78 is 13.8. The first kappa shape index (κ1) is 11.9. The number of nitrogens with zero attached hydrogens (tertiary/aromatic N) is 1. The van der Waals surface area contributed by atoms with E-state index in [4.69, 9.17) is 0 Å². The second kappa shape index (κ2) is 5.15. The summed E-state index contributed by atoms with van der Waals surface area (Å²) in [7, 11) is 0. The molecule has 1 unspecified atom stereocenters. The monoisotopic (exact) mass is 286 g/mol. The molecular weight excluding hydrogens is 271 g/mol. The quantitative estimate of drug-likeness (QED) is 0.854. The van der Waals surface area contributed by atoms with E-state index in [0.717, 1.165) is 36.2 Å². The molecule has 16 heavy (non-hydrogen) atoms. The molecule has 0 spiro atoms. The summed E-state index contributed by atoms with van der Waals surface area (Å²) in [6.45, 7) is 5.21. The van der Waals surface area contributed by atoms with Gasteiger partial charge in [0.25, 0.3) is 0 Å². The summed E-state index contributed by atoms with van der Waals surface area (Å²) in [5, 5.41) is 3.44. The molecule has 1 fully saturated rings. The van der Waals surface area contributed by atoms with Crippen LogP contribution in [0.25, 0.3) is 0 Å². The third kappa shape index (κ3) is 2.74. The average Bonchev–Trinajstić information content (AvgIpc) is 2.43. The summed E-state index contributed by atoms with van der Waals surface area (Å²) in [4.78, 5) is 2.30. The smallest absolute Gasteiger partial charge is 0.124 e. The molecule has 1 aliphatic rings. The fourth-order valence-corrected chi connectivity index (χ4v) is 2.66. The first-order valence-corrected chi connectivity index (χ1v) is 6.39. The van der Waals surface area contributed by atoms with Crippen molar-refractivity contribution in [3.8, 4) is 0 Å². The lowest BCUT2D eigenvalue weighted by atomic mass is 10.2. The van der Waals surface area contributed by atoms with E-state index in [1.807, 2.05) is 6.07 Å². The number of nitrogens with one attached hydrogen (secondary N) is 1. The van der Waals surface area contributed by atoms with Crippen LogP contribution in [0.5, 0.6) is 0 Å². The highest BCUT2D eigenvalue weighted by molar-refractivity contribution is 9.10. The molecule has 1 heterocycles. The van der Waals surface area contributed by atoms with Crippen molar-refractivity contribution in [2.45, 2.75) is 19.4 Å². The van der Waals surface area contributed by atoms with Gasteiger partial charge in [-0.1, -0.05) is 0 Å². The Hall–Kier alpha value is -0.610. The molecule has 0 saturated carbocycles. The lowest BCUT2D eigenvalue weighted by molar-refractivity contribution is 0.584. The predicted octanol–water partition coefficient (Wildman–Crippen LogP) is 2.78. The minimum absolute atomic E-state index is 0.198. The molecule has 0 amide bonds. The van der Waals surface area contributed by atoms with Crippen LogP contribution in [-0.4, -0.2) is 25.7 Å². The molecule has 0 aromatic heterocycles. The number of benzene rings is 1. The number of halogens is 2. The van der Waals surface area contributed by atoms with E-state index in [1.165, 1.54) is 12.1 Å². The zero-order valence-electron chi connectivity index (χ0n) is 9.34. The van der Waals surface area contributed by atoms with Crippen molar-refractivity contribution in [2.24, 2.45) is 0 Å². The van der Waals surface area contributed by atoms with Gasteiger partial charge in [-0.25, -0.2) is 4.39 Å².